The van der Waals surface area contributed by atoms with E-state index in [1.807, 2.05) is 13.8 Å². The average molecular weight is 647 g/mol. The van der Waals surface area contributed by atoms with E-state index in [1.54, 1.807) is 19.9 Å². The Balaban J connectivity index is 1.86. The number of hydrogen-bond acceptors (Lipinski definition) is 4. The van der Waals surface area contributed by atoms with Crippen LogP contribution in [0.1, 0.15) is 89.9 Å². The fraction of sp³-hybridized carbons (Fsp3) is 0.594. The zero-order valence-corrected chi connectivity index (χ0v) is 26.8. The molecule has 1 saturated carbocycles. The molecule has 11 heteroatoms. The lowest BCUT2D eigenvalue weighted by Crippen LogP contribution is -2.53. The van der Waals surface area contributed by atoms with Crippen molar-refractivity contribution in [3.05, 3.63) is 56.6 Å². The molecule has 1 aliphatic carbocycles. The van der Waals surface area contributed by atoms with Gasteiger partial charge in [-0.25, -0.2) is 0 Å². The van der Waals surface area contributed by atoms with Gasteiger partial charge < -0.3 is 14.7 Å². The van der Waals surface area contributed by atoms with Gasteiger partial charge in [-0.1, -0.05) is 40.9 Å². The molecular weight excluding hydrogens is 606 g/mol. The number of carbonyl (C=O) groups is 3. The van der Waals surface area contributed by atoms with Gasteiger partial charge in [-0.15, -0.1) is 0 Å². The number of hydrogen-bond donors (Lipinski definition) is 1. The fourth-order valence-corrected chi connectivity index (χ4v) is 6.40. The van der Waals surface area contributed by atoms with Crippen molar-refractivity contribution in [3.63, 3.8) is 0 Å². The Hall–Kier alpha value is -2.36. The molecule has 1 N–H and O–H groups in total. The molecule has 6 nitrogen and oxygen atoms in total. The first-order valence-electron chi connectivity index (χ1n) is 14.5. The van der Waals surface area contributed by atoms with E-state index in [0.717, 1.165) is 24.7 Å². The van der Waals surface area contributed by atoms with Crippen LogP contribution in [-0.4, -0.2) is 58.6 Å². The lowest BCUT2D eigenvalue weighted by molar-refractivity contribution is -0.191. The Kier molecular flexibility index (Phi) is 11.2. The second-order valence-electron chi connectivity index (χ2n) is 12.8. The highest BCUT2D eigenvalue weighted by Gasteiger charge is 2.41. The fourth-order valence-electron chi connectivity index (χ4n) is 5.79. The molecule has 1 amide bonds. The molecule has 1 aromatic rings. The summed E-state index contributed by atoms with van der Waals surface area (Å²) in [5.41, 5.74) is -2.21. The number of amides is 1. The lowest BCUT2D eigenvalue weighted by Gasteiger charge is -2.45. The summed E-state index contributed by atoms with van der Waals surface area (Å²) in [4.78, 5) is 39.8. The molecule has 1 saturated heterocycles. The maximum atomic E-state index is 14.0. The predicted molar refractivity (Wildman–Crippen MR) is 160 cm³/mol. The maximum Gasteiger partial charge on any atom is 0.413 e. The van der Waals surface area contributed by atoms with Crippen LogP contribution < -0.4 is 0 Å². The smallest absolute Gasteiger partial charge is 0.413 e. The summed E-state index contributed by atoms with van der Waals surface area (Å²) in [5.74, 6) is -2.10. The molecular formula is C32H40Cl2F3NO5. The van der Waals surface area contributed by atoms with Gasteiger partial charge in [0.05, 0.1) is 39.3 Å². The molecule has 0 radical (unpaired) electrons. The first kappa shape index (κ1) is 35.1. The second kappa shape index (κ2) is 13.7. The highest BCUT2D eigenvalue weighted by Crippen LogP contribution is 2.41. The Labute approximate surface area is 261 Å². The number of rotatable bonds is 11. The third-order valence-corrected chi connectivity index (χ3v) is 9.24. The van der Waals surface area contributed by atoms with Crippen molar-refractivity contribution in [2.45, 2.75) is 97.4 Å². The standard InChI is InChI=1S/C32H40Cl2F3NO5/c1-19(9-10-21-11-13-31(5,14-12-21)29(41)42)15-23(20(2)32(35,36)37)28(40)38(17-22-16-30(3,4)43-22)18-26(39)27-24(33)7-6-8-25(27)34/h6-8,15,21-22H,9-14,16-18H2,1-5H3,(H,41,42). The van der Waals surface area contributed by atoms with Crippen LogP contribution in [0.4, 0.5) is 13.2 Å². The molecule has 1 atom stereocenters. The van der Waals surface area contributed by atoms with E-state index in [-0.39, 0.29) is 28.1 Å². The van der Waals surface area contributed by atoms with Crippen LogP contribution in [0.15, 0.2) is 41.0 Å². The summed E-state index contributed by atoms with van der Waals surface area (Å²) in [7, 11) is 0. The molecule has 0 spiro atoms. The molecule has 2 aliphatic rings. The normalized spacial score (nSPS) is 24.6. The largest absolute Gasteiger partial charge is 0.481 e. The average Bonchev–Trinajstić information content (AvgIpc) is 2.88. The van der Waals surface area contributed by atoms with Gasteiger partial charge in [0.25, 0.3) is 5.91 Å². The Morgan fingerprint density at radius 3 is 2.14 bits per heavy atom. The van der Waals surface area contributed by atoms with Crippen LogP contribution in [0, 0.1) is 11.3 Å². The molecule has 0 bridgehead atoms. The number of Topliss-reactive ketones (excluding diaryl/α,β-unsaturated/α-hetero) is 1. The lowest BCUT2D eigenvalue weighted by atomic mass is 9.70. The number of ketones is 1. The van der Waals surface area contributed by atoms with Crippen molar-refractivity contribution < 1.29 is 37.4 Å². The van der Waals surface area contributed by atoms with Gasteiger partial charge in [0.1, 0.15) is 0 Å². The number of carboxylic acid groups (broad SMARTS) is 1. The molecule has 0 aromatic heterocycles. The minimum absolute atomic E-state index is 0.00485. The van der Waals surface area contributed by atoms with Crippen LogP contribution in [-0.2, 0) is 14.3 Å². The first-order valence-corrected chi connectivity index (χ1v) is 15.2. The minimum Gasteiger partial charge on any atom is -0.481 e. The molecule has 1 aliphatic heterocycles. The minimum atomic E-state index is -4.77. The first-order chi connectivity index (χ1) is 19.8. The summed E-state index contributed by atoms with van der Waals surface area (Å²) in [6.07, 6.45) is 0.253. The Morgan fingerprint density at radius 1 is 1.09 bits per heavy atom. The number of benzene rings is 1. The van der Waals surface area contributed by atoms with Gasteiger partial charge in [0, 0.05) is 24.1 Å². The van der Waals surface area contributed by atoms with E-state index in [0.29, 0.717) is 37.7 Å². The number of alkyl halides is 3. The topological polar surface area (TPSA) is 83.9 Å². The van der Waals surface area contributed by atoms with E-state index < -0.39 is 58.6 Å². The van der Waals surface area contributed by atoms with Gasteiger partial charge in [0.15, 0.2) is 5.78 Å². The van der Waals surface area contributed by atoms with E-state index in [4.69, 9.17) is 27.9 Å². The number of ether oxygens (including phenoxy) is 1. The molecule has 2 fully saturated rings. The van der Waals surface area contributed by atoms with Crippen molar-refractivity contribution in [2.24, 2.45) is 11.3 Å². The van der Waals surface area contributed by atoms with E-state index in [1.165, 1.54) is 18.2 Å². The number of allylic oxidation sites excluding steroid dienone is 2. The van der Waals surface area contributed by atoms with Crippen LogP contribution in [0.3, 0.4) is 0 Å². The summed E-state index contributed by atoms with van der Waals surface area (Å²) in [6, 6.07) is 4.52. The predicted octanol–water partition coefficient (Wildman–Crippen LogP) is 8.46. The highest BCUT2D eigenvalue weighted by molar-refractivity contribution is 6.40. The van der Waals surface area contributed by atoms with Crippen LogP contribution in [0.25, 0.3) is 0 Å². The Bertz CT molecular complexity index is 1270. The van der Waals surface area contributed by atoms with Crippen molar-refractivity contribution in [1.82, 2.24) is 4.90 Å². The van der Waals surface area contributed by atoms with E-state index in [9.17, 15) is 32.7 Å². The monoisotopic (exact) mass is 645 g/mol. The molecule has 1 aromatic carbocycles. The van der Waals surface area contributed by atoms with Gasteiger partial charge in [-0.05, 0) is 91.2 Å². The van der Waals surface area contributed by atoms with Crippen LogP contribution in [0.2, 0.25) is 10.0 Å². The van der Waals surface area contributed by atoms with Gasteiger partial charge in [0.2, 0.25) is 0 Å². The van der Waals surface area contributed by atoms with Gasteiger partial charge >= 0.3 is 12.1 Å². The quantitative estimate of drug-likeness (QED) is 0.148. The number of carboxylic acids is 1. The Morgan fingerprint density at radius 2 is 1.65 bits per heavy atom. The van der Waals surface area contributed by atoms with Crippen LogP contribution >= 0.6 is 23.2 Å². The molecule has 238 valence electrons. The number of aliphatic carboxylic acids is 1. The molecule has 1 heterocycles. The van der Waals surface area contributed by atoms with Crippen molar-refractivity contribution in [1.29, 1.82) is 0 Å². The summed E-state index contributed by atoms with van der Waals surface area (Å²) in [5, 5.41) is 9.64. The zero-order chi connectivity index (χ0) is 32.3. The van der Waals surface area contributed by atoms with Crippen molar-refractivity contribution in [2.75, 3.05) is 13.1 Å². The third kappa shape index (κ3) is 9.08. The van der Waals surface area contributed by atoms with Gasteiger partial charge in [-0.3, -0.25) is 14.4 Å². The summed E-state index contributed by atoms with van der Waals surface area (Å²) in [6.45, 7) is 7.40. The van der Waals surface area contributed by atoms with Crippen molar-refractivity contribution in [3.8, 4) is 0 Å². The van der Waals surface area contributed by atoms with E-state index in [2.05, 4.69) is 0 Å². The summed E-state index contributed by atoms with van der Waals surface area (Å²) >= 11 is 12.4. The summed E-state index contributed by atoms with van der Waals surface area (Å²) < 4.78 is 47.9. The third-order valence-electron chi connectivity index (χ3n) is 8.61. The maximum absolute atomic E-state index is 14.0. The molecule has 43 heavy (non-hydrogen) atoms. The van der Waals surface area contributed by atoms with E-state index >= 15 is 0 Å². The van der Waals surface area contributed by atoms with Crippen LogP contribution in [0.5, 0.6) is 0 Å². The van der Waals surface area contributed by atoms with Gasteiger partial charge in [-0.2, -0.15) is 13.2 Å². The SMILES string of the molecule is CC(=CC(C(=O)N(CC(=O)c1c(Cl)cccc1Cl)CC1CC(C)(C)O1)=C(C)C(F)(F)F)CCC1CCC(C)(C(=O)O)CC1. The molecule has 3 rings (SSSR count). The molecule has 1 unspecified atom stereocenters. The van der Waals surface area contributed by atoms with Crippen molar-refractivity contribution >= 4 is 40.9 Å². The second-order valence-corrected chi connectivity index (χ2v) is 13.6. The number of carbonyl (C=O) groups excluding carboxylic acids is 2. The number of nitrogens with zero attached hydrogens (tertiary/aromatic N) is 1. The number of halogens is 5. The zero-order valence-electron chi connectivity index (χ0n) is 25.2. The highest BCUT2D eigenvalue weighted by atomic mass is 35.5.